The Balaban J connectivity index is 0.712. The van der Waals surface area contributed by atoms with Gasteiger partial charge in [0.25, 0.3) is 0 Å². The molecule has 0 spiro atoms. The van der Waals surface area contributed by atoms with E-state index in [4.69, 9.17) is 0 Å². The summed E-state index contributed by atoms with van der Waals surface area (Å²) >= 11 is 0. The van der Waals surface area contributed by atoms with Gasteiger partial charge in [0.2, 0.25) is 0 Å². The molecule has 0 saturated heterocycles. The highest BCUT2D eigenvalue weighted by atomic mass is 14.4. The van der Waals surface area contributed by atoms with Gasteiger partial charge in [-0.1, -0.05) is 210 Å². The second-order valence-electron chi connectivity index (χ2n) is 23.8. The van der Waals surface area contributed by atoms with Crippen molar-refractivity contribution in [3.63, 3.8) is 0 Å². The van der Waals surface area contributed by atoms with E-state index < -0.39 is 0 Å². The topological polar surface area (TPSA) is 0 Å². The molecule has 0 nitrogen and oxygen atoms in total. The molecule has 0 fully saturated rings. The molecule has 0 aromatic heterocycles. The predicted octanol–water partition coefficient (Wildman–Crippen LogP) is 21.5. The third-order valence-electron chi connectivity index (χ3n) is 19.3. The maximum atomic E-state index is 2.51. The Kier molecular flexibility index (Phi) is 8.10. The Morgan fingerprint density at radius 3 is 0.859 bits per heavy atom. The Morgan fingerprint density at radius 2 is 0.462 bits per heavy atom. The maximum absolute atomic E-state index is 2.51. The van der Waals surface area contributed by atoms with E-state index in [1.54, 1.807) is 0 Å². The van der Waals surface area contributed by atoms with E-state index in [0.717, 1.165) is 0 Å². The minimum atomic E-state index is -0.196. The molecule has 78 heavy (non-hydrogen) atoms. The molecule has 4 aliphatic carbocycles. The van der Waals surface area contributed by atoms with Crippen LogP contribution in [0.3, 0.4) is 0 Å². The molecule has 0 saturated carbocycles. The summed E-state index contributed by atoms with van der Waals surface area (Å²) in [7, 11) is 0. The van der Waals surface area contributed by atoms with Crippen LogP contribution in [0.4, 0.5) is 0 Å². The van der Waals surface area contributed by atoms with Crippen LogP contribution in [0.15, 0.2) is 231 Å². The summed E-state index contributed by atoms with van der Waals surface area (Å²) in [6, 6.07) is 88.7. The van der Waals surface area contributed by atoms with Gasteiger partial charge in [-0.2, -0.15) is 0 Å². The van der Waals surface area contributed by atoms with E-state index in [1.165, 1.54) is 187 Å². The molecular formula is C78H50. The largest absolute Gasteiger partial charge is 0.0616 e. The third-order valence-corrected chi connectivity index (χ3v) is 19.3. The van der Waals surface area contributed by atoms with Crippen LogP contribution >= 0.6 is 0 Å². The first kappa shape index (κ1) is 42.8. The fourth-order valence-corrected chi connectivity index (χ4v) is 15.5. The third kappa shape index (κ3) is 5.40. The molecule has 0 radical (unpaired) electrons. The molecular weight excluding hydrogens is 937 g/mol. The second-order valence-corrected chi connectivity index (χ2v) is 23.8. The average molecular weight is 987 g/mol. The second kappa shape index (κ2) is 14.8. The zero-order chi connectivity index (χ0) is 51.5. The summed E-state index contributed by atoms with van der Waals surface area (Å²) in [5, 5.41) is 15.9. The van der Waals surface area contributed by atoms with E-state index in [0.29, 0.717) is 0 Å². The average Bonchev–Trinajstić information content (AvgIpc) is 4.32. The van der Waals surface area contributed by atoms with Gasteiger partial charge in [-0.05, 0) is 236 Å². The Bertz CT molecular complexity index is 4810. The summed E-state index contributed by atoms with van der Waals surface area (Å²) in [4.78, 5) is 0. The van der Waals surface area contributed by atoms with Crippen molar-refractivity contribution in [3.8, 4) is 100 Å². The van der Waals surface area contributed by atoms with Gasteiger partial charge in [-0.3, -0.25) is 0 Å². The number of hydrogen-bond acceptors (Lipinski definition) is 0. The van der Waals surface area contributed by atoms with Gasteiger partial charge in [-0.25, -0.2) is 0 Å². The molecule has 0 heteroatoms. The van der Waals surface area contributed by atoms with E-state index in [9.17, 15) is 0 Å². The number of hydrogen-bond donors (Lipinski definition) is 0. The van der Waals surface area contributed by atoms with Crippen LogP contribution in [0.1, 0.15) is 49.9 Å². The molecule has 0 aliphatic heterocycles. The highest BCUT2D eigenvalue weighted by Crippen LogP contribution is 2.57. The molecule has 0 bridgehead atoms. The van der Waals surface area contributed by atoms with Gasteiger partial charge in [0, 0.05) is 10.8 Å². The van der Waals surface area contributed by atoms with Crippen molar-refractivity contribution in [2.45, 2.75) is 38.5 Å². The van der Waals surface area contributed by atoms with E-state index in [2.05, 4.69) is 258 Å². The van der Waals surface area contributed by atoms with Gasteiger partial charge in [0.05, 0.1) is 0 Å². The Morgan fingerprint density at radius 1 is 0.179 bits per heavy atom. The lowest BCUT2D eigenvalue weighted by atomic mass is 9.79. The van der Waals surface area contributed by atoms with Crippen LogP contribution in [0.25, 0.3) is 165 Å². The van der Waals surface area contributed by atoms with Crippen LogP contribution < -0.4 is 0 Å². The normalized spacial score (nSPS) is 14.4. The number of rotatable bonds is 3. The van der Waals surface area contributed by atoms with Gasteiger partial charge in [0.1, 0.15) is 0 Å². The lowest BCUT2D eigenvalue weighted by Gasteiger charge is -2.24. The zero-order valence-electron chi connectivity index (χ0n) is 43.9. The first-order chi connectivity index (χ1) is 38.2. The summed E-state index contributed by atoms with van der Waals surface area (Å²) in [5.74, 6) is 0. The van der Waals surface area contributed by atoms with Crippen molar-refractivity contribution in [2.24, 2.45) is 0 Å². The SMILES string of the molecule is CC1(C)c2cc(-c3ccc4c(c3)C(C)(C)c3cc(-c5cc6c7cccc8c7c(cc6c6ccccc56)-c5ccccc5-8)ccc3-4)ccc2-c2ccc(-c3cc4c5cccc6c5c(cc4c4ccccc34)-c3ccccc3-6)cc21. The zero-order valence-corrected chi connectivity index (χ0v) is 43.9. The minimum absolute atomic E-state index is 0.196. The molecule has 0 heterocycles. The van der Waals surface area contributed by atoms with Crippen molar-refractivity contribution < 1.29 is 0 Å². The summed E-state index contributed by atoms with van der Waals surface area (Å²) < 4.78 is 0. The molecule has 0 unspecified atom stereocenters. The molecule has 0 N–H and O–H groups in total. The summed E-state index contributed by atoms with van der Waals surface area (Å²) in [6.45, 7) is 9.72. The monoisotopic (exact) mass is 986 g/mol. The van der Waals surface area contributed by atoms with Crippen LogP contribution in [-0.2, 0) is 10.8 Å². The van der Waals surface area contributed by atoms with Crippen LogP contribution in [0, 0.1) is 0 Å². The molecule has 362 valence electrons. The van der Waals surface area contributed by atoms with E-state index in [1.807, 2.05) is 0 Å². The van der Waals surface area contributed by atoms with Crippen molar-refractivity contribution in [1.29, 1.82) is 0 Å². The smallest absolute Gasteiger partial charge is 0.0159 e. The highest BCUT2D eigenvalue weighted by Gasteiger charge is 2.38. The standard InChI is InChI=1S/C78H50/c1-77(2)71-35-43(27-31-55(71)57-33-29-45(37-73(57)77)63-39-67-61-25-13-23-59-47-15-5-11-21-53(47)69(75(59)61)41-65(67)51-19-9-7-17-49(51)63)44-28-32-56-58-34-30-46(38-74(58)78(3,4)72(56)36-44)64-40-68-62-26-14-24-60-48-16-6-12-22-54(48)70(76(60)62)42-66(68)52-20-10-8-18-50(52)64/h5-42H,1-4H3. The fourth-order valence-electron chi connectivity index (χ4n) is 15.5. The van der Waals surface area contributed by atoms with Crippen LogP contribution in [0.5, 0.6) is 0 Å². The molecule has 18 rings (SSSR count). The molecule has 4 aliphatic rings. The number of benzene rings is 14. The lowest BCUT2D eigenvalue weighted by molar-refractivity contribution is 0.660. The first-order valence-corrected chi connectivity index (χ1v) is 27.8. The first-order valence-electron chi connectivity index (χ1n) is 27.8. The summed E-state index contributed by atoms with van der Waals surface area (Å²) in [5.41, 5.74) is 28.9. The minimum Gasteiger partial charge on any atom is -0.0616 e. The van der Waals surface area contributed by atoms with Crippen LogP contribution in [0.2, 0.25) is 0 Å². The summed E-state index contributed by atoms with van der Waals surface area (Å²) in [6.07, 6.45) is 0. The van der Waals surface area contributed by atoms with Gasteiger partial charge < -0.3 is 0 Å². The molecule has 14 aromatic carbocycles. The van der Waals surface area contributed by atoms with Crippen molar-refractivity contribution in [2.75, 3.05) is 0 Å². The van der Waals surface area contributed by atoms with Crippen LogP contribution in [-0.4, -0.2) is 0 Å². The van der Waals surface area contributed by atoms with Crippen molar-refractivity contribution in [3.05, 3.63) is 253 Å². The molecule has 0 amide bonds. The Hall–Kier alpha value is -9.36. The lowest BCUT2D eigenvalue weighted by Crippen LogP contribution is -2.15. The van der Waals surface area contributed by atoms with Crippen molar-refractivity contribution in [1.82, 2.24) is 0 Å². The molecule has 14 aromatic rings. The predicted molar refractivity (Wildman–Crippen MR) is 332 cm³/mol. The van der Waals surface area contributed by atoms with E-state index >= 15 is 0 Å². The maximum Gasteiger partial charge on any atom is 0.0159 e. The Labute approximate surface area is 453 Å². The highest BCUT2D eigenvalue weighted by molar-refractivity contribution is 6.30. The van der Waals surface area contributed by atoms with Gasteiger partial charge in [0.15, 0.2) is 0 Å². The van der Waals surface area contributed by atoms with E-state index in [-0.39, 0.29) is 10.8 Å². The molecule has 0 atom stereocenters. The van der Waals surface area contributed by atoms with Gasteiger partial charge in [-0.15, -0.1) is 0 Å². The fraction of sp³-hybridized carbons (Fsp3) is 0.0769. The van der Waals surface area contributed by atoms with Gasteiger partial charge >= 0.3 is 0 Å². The quantitative estimate of drug-likeness (QED) is 0.155. The van der Waals surface area contributed by atoms with Crippen molar-refractivity contribution >= 4 is 64.6 Å². The number of fused-ring (bicyclic) bond motifs is 20.